The molecule has 0 aliphatic heterocycles. The first-order valence-electron chi connectivity index (χ1n) is 7.35. The highest BCUT2D eigenvalue weighted by atomic mass is 28.4. The smallest absolute Gasteiger partial charge is 0.187 e. The quantitative estimate of drug-likeness (QED) is 0.309. The summed E-state index contributed by atoms with van der Waals surface area (Å²) in [7, 11) is -3.22. The van der Waals surface area contributed by atoms with Crippen molar-refractivity contribution in [2.24, 2.45) is 11.5 Å². The summed E-state index contributed by atoms with van der Waals surface area (Å²) in [5.41, 5.74) is 11.0. The van der Waals surface area contributed by atoms with E-state index in [9.17, 15) is 0 Å². The minimum Gasteiger partial charge on any atom is -0.454 e. The standard InChI is InChI=1S/C12H34N4OSi2/c1-18(2,11-15-9-5-7-13)17-19(3,4)12-16-10-6-8-14/h15-16H,5-14H2,1-4H3. The highest BCUT2D eigenvalue weighted by Gasteiger charge is 2.32. The number of hydrogen-bond acceptors (Lipinski definition) is 5. The maximum absolute atomic E-state index is 6.48. The minimum atomic E-state index is -1.61. The molecule has 0 aromatic carbocycles. The molecule has 0 aromatic heterocycles. The van der Waals surface area contributed by atoms with E-state index in [1.807, 2.05) is 0 Å². The van der Waals surface area contributed by atoms with Gasteiger partial charge in [-0.05, 0) is 65.2 Å². The van der Waals surface area contributed by atoms with Gasteiger partial charge in [0.15, 0.2) is 16.6 Å². The second kappa shape index (κ2) is 10.0. The molecule has 6 N–H and O–H groups in total. The van der Waals surface area contributed by atoms with Crippen molar-refractivity contribution in [2.45, 2.75) is 39.0 Å². The van der Waals surface area contributed by atoms with E-state index in [4.69, 9.17) is 15.6 Å². The van der Waals surface area contributed by atoms with E-state index < -0.39 is 16.6 Å². The van der Waals surface area contributed by atoms with Gasteiger partial charge in [-0.2, -0.15) is 0 Å². The fourth-order valence-corrected chi connectivity index (χ4v) is 10.2. The van der Waals surface area contributed by atoms with Crippen LogP contribution >= 0.6 is 0 Å². The Morgan fingerprint density at radius 3 is 1.47 bits per heavy atom. The van der Waals surface area contributed by atoms with Crippen molar-refractivity contribution in [3.8, 4) is 0 Å². The van der Waals surface area contributed by atoms with Gasteiger partial charge < -0.3 is 26.2 Å². The third-order valence-corrected chi connectivity index (χ3v) is 9.39. The first kappa shape index (κ1) is 19.2. The third kappa shape index (κ3) is 11.7. The summed E-state index contributed by atoms with van der Waals surface area (Å²) in [4.78, 5) is 0. The Hall–Kier alpha value is 0.234. The molecule has 0 bridgehead atoms. The highest BCUT2D eigenvalue weighted by molar-refractivity contribution is 6.85. The van der Waals surface area contributed by atoms with Crippen LogP contribution in [0.15, 0.2) is 0 Å². The normalized spacial score (nSPS) is 12.9. The Kier molecular flexibility index (Phi) is 10.2. The third-order valence-electron chi connectivity index (χ3n) is 2.77. The summed E-state index contributed by atoms with van der Waals surface area (Å²) >= 11 is 0. The largest absolute Gasteiger partial charge is 0.454 e. The van der Waals surface area contributed by atoms with E-state index in [2.05, 4.69) is 36.8 Å². The minimum absolute atomic E-state index is 0.751. The van der Waals surface area contributed by atoms with Crippen molar-refractivity contribution in [3.63, 3.8) is 0 Å². The van der Waals surface area contributed by atoms with Gasteiger partial charge >= 0.3 is 0 Å². The van der Waals surface area contributed by atoms with Gasteiger partial charge in [0.2, 0.25) is 0 Å². The Labute approximate surface area is 121 Å². The second-order valence-corrected chi connectivity index (χ2v) is 14.8. The van der Waals surface area contributed by atoms with Crippen LogP contribution in [0.2, 0.25) is 26.2 Å². The monoisotopic (exact) mass is 306 g/mol. The summed E-state index contributed by atoms with van der Waals surface area (Å²) in [6.45, 7) is 12.6. The maximum atomic E-state index is 6.48. The van der Waals surface area contributed by atoms with Gasteiger partial charge in [-0.25, -0.2) is 0 Å². The molecule has 0 saturated carbocycles. The van der Waals surface area contributed by atoms with Gasteiger partial charge in [0.1, 0.15) is 0 Å². The summed E-state index contributed by atoms with van der Waals surface area (Å²) in [5.74, 6) is 0. The van der Waals surface area contributed by atoms with E-state index in [0.29, 0.717) is 0 Å². The van der Waals surface area contributed by atoms with Crippen molar-refractivity contribution >= 4 is 16.6 Å². The van der Waals surface area contributed by atoms with Crippen LogP contribution in [0.1, 0.15) is 12.8 Å². The zero-order chi connectivity index (χ0) is 14.8. The van der Waals surface area contributed by atoms with Crippen molar-refractivity contribution in [3.05, 3.63) is 0 Å². The Morgan fingerprint density at radius 1 is 0.789 bits per heavy atom. The van der Waals surface area contributed by atoms with Crippen molar-refractivity contribution < 1.29 is 4.12 Å². The van der Waals surface area contributed by atoms with Gasteiger partial charge in [-0.3, -0.25) is 0 Å². The average molecular weight is 307 g/mol. The van der Waals surface area contributed by atoms with Crippen LogP contribution in [0.25, 0.3) is 0 Å². The van der Waals surface area contributed by atoms with E-state index in [0.717, 1.165) is 51.4 Å². The van der Waals surface area contributed by atoms with Crippen LogP contribution in [0.4, 0.5) is 0 Å². The summed E-state index contributed by atoms with van der Waals surface area (Å²) in [5, 5.41) is 6.94. The van der Waals surface area contributed by atoms with E-state index in [1.54, 1.807) is 0 Å². The average Bonchev–Trinajstić information content (AvgIpc) is 2.29. The Morgan fingerprint density at radius 2 is 1.16 bits per heavy atom. The van der Waals surface area contributed by atoms with Gasteiger partial charge in [-0.15, -0.1) is 0 Å². The van der Waals surface area contributed by atoms with E-state index >= 15 is 0 Å². The SMILES string of the molecule is C[Si](C)(CNCCCN)O[Si](C)(C)CNCCCN. The molecule has 0 saturated heterocycles. The summed E-state index contributed by atoms with van der Waals surface area (Å²) in [6, 6.07) is 0. The molecule has 0 amide bonds. The van der Waals surface area contributed by atoms with Gasteiger partial charge in [0, 0.05) is 12.3 Å². The lowest BCUT2D eigenvalue weighted by Crippen LogP contribution is -2.55. The van der Waals surface area contributed by atoms with Crippen LogP contribution < -0.4 is 22.1 Å². The Balaban J connectivity index is 3.93. The predicted octanol–water partition coefficient (Wildman–Crippen LogP) is 0.368. The lowest BCUT2D eigenvalue weighted by Gasteiger charge is -2.34. The van der Waals surface area contributed by atoms with Gasteiger partial charge in [0.25, 0.3) is 0 Å². The predicted molar refractivity (Wildman–Crippen MR) is 89.1 cm³/mol. The van der Waals surface area contributed by atoms with Crippen molar-refractivity contribution in [2.75, 3.05) is 38.5 Å². The zero-order valence-electron chi connectivity index (χ0n) is 13.2. The molecule has 0 atom stereocenters. The first-order valence-corrected chi connectivity index (χ1v) is 13.6. The molecular formula is C12H34N4OSi2. The molecule has 0 unspecified atom stereocenters. The molecule has 0 radical (unpaired) electrons. The Bertz CT molecular complexity index is 206. The molecule has 116 valence electrons. The lowest BCUT2D eigenvalue weighted by molar-refractivity contribution is 0.517. The van der Waals surface area contributed by atoms with Crippen LogP contribution in [0.3, 0.4) is 0 Å². The number of nitrogens with one attached hydrogen (secondary N) is 2. The maximum Gasteiger partial charge on any atom is 0.187 e. The fourth-order valence-electron chi connectivity index (χ4n) is 2.05. The van der Waals surface area contributed by atoms with Crippen molar-refractivity contribution in [1.82, 2.24) is 10.6 Å². The molecule has 0 heterocycles. The number of rotatable bonds is 12. The fraction of sp³-hybridized carbons (Fsp3) is 1.00. The van der Waals surface area contributed by atoms with Crippen LogP contribution in [-0.2, 0) is 4.12 Å². The molecule has 0 rings (SSSR count). The lowest BCUT2D eigenvalue weighted by atomic mass is 10.4. The van der Waals surface area contributed by atoms with E-state index in [1.165, 1.54) is 0 Å². The first-order chi connectivity index (χ1) is 8.83. The molecule has 0 spiro atoms. The summed E-state index contributed by atoms with van der Waals surface area (Å²) in [6.07, 6.45) is 4.08. The molecule has 5 nitrogen and oxygen atoms in total. The second-order valence-electron chi connectivity index (χ2n) is 6.26. The molecule has 0 fully saturated rings. The zero-order valence-corrected chi connectivity index (χ0v) is 15.2. The topological polar surface area (TPSA) is 85.3 Å². The molecule has 7 heteroatoms. The van der Waals surface area contributed by atoms with Crippen LogP contribution in [-0.4, -0.2) is 55.1 Å². The van der Waals surface area contributed by atoms with Crippen molar-refractivity contribution in [1.29, 1.82) is 0 Å². The molecule has 19 heavy (non-hydrogen) atoms. The van der Waals surface area contributed by atoms with Crippen LogP contribution in [0.5, 0.6) is 0 Å². The molecular weight excluding hydrogens is 272 g/mol. The van der Waals surface area contributed by atoms with Crippen LogP contribution in [0, 0.1) is 0 Å². The summed E-state index contributed by atoms with van der Waals surface area (Å²) < 4.78 is 6.48. The molecule has 0 aromatic rings. The number of nitrogens with two attached hydrogens (primary N) is 2. The molecule has 0 aliphatic carbocycles. The molecule has 0 aliphatic rings. The van der Waals surface area contributed by atoms with Gasteiger partial charge in [0.05, 0.1) is 0 Å². The van der Waals surface area contributed by atoms with Gasteiger partial charge in [-0.1, -0.05) is 0 Å². The highest BCUT2D eigenvalue weighted by Crippen LogP contribution is 2.13. The van der Waals surface area contributed by atoms with E-state index in [-0.39, 0.29) is 0 Å². The number of hydrogen-bond donors (Lipinski definition) is 4.